The highest BCUT2D eigenvalue weighted by atomic mass is 16.4. The van der Waals surface area contributed by atoms with E-state index in [1.54, 1.807) is 6.20 Å². The minimum absolute atomic E-state index is 0.256. The van der Waals surface area contributed by atoms with E-state index in [1.165, 1.54) is 5.56 Å². The number of aliphatic carboxylic acids is 1. The van der Waals surface area contributed by atoms with Gasteiger partial charge < -0.3 is 10.0 Å². The smallest absolute Gasteiger partial charge is 0.303 e. The molecule has 0 aromatic carbocycles. The Morgan fingerprint density at radius 3 is 2.81 bits per heavy atom. The molecule has 0 saturated carbocycles. The lowest BCUT2D eigenvalue weighted by molar-refractivity contribution is -0.137. The molecule has 0 fully saturated rings. The van der Waals surface area contributed by atoms with Crippen molar-refractivity contribution in [3.05, 3.63) is 23.9 Å². The van der Waals surface area contributed by atoms with Crippen LogP contribution in [-0.2, 0) is 11.2 Å². The van der Waals surface area contributed by atoms with E-state index in [4.69, 9.17) is 5.11 Å². The molecule has 88 valence electrons. The molecule has 0 atom stereocenters. The van der Waals surface area contributed by atoms with Crippen LogP contribution in [0.4, 0.5) is 5.82 Å². The van der Waals surface area contributed by atoms with Gasteiger partial charge in [0.1, 0.15) is 5.82 Å². The maximum absolute atomic E-state index is 10.3. The van der Waals surface area contributed by atoms with E-state index < -0.39 is 5.97 Å². The van der Waals surface area contributed by atoms with Crippen molar-refractivity contribution in [1.29, 1.82) is 0 Å². The molecule has 16 heavy (non-hydrogen) atoms. The molecular formula is C12H18N2O2. The van der Waals surface area contributed by atoms with Gasteiger partial charge in [-0.15, -0.1) is 0 Å². The minimum Gasteiger partial charge on any atom is -0.481 e. The zero-order valence-corrected chi connectivity index (χ0v) is 9.81. The second-order valence-electron chi connectivity index (χ2n) is 4.02. The molecule has 0 bridgehead atoms. The number of pyridine rings is 1. The van der Waals surface area contributed by atoms with E-state index in [0.717, 1.165) is 25.1 Å². The van der Waals surface area contributed by atoms with E-state index in [0.29, 0.717) is 0 Å². The summed E-state index contributed by atoms with van der Waals surface area (Å²) in [5.74, 6) is 0.222. The molecule has 0 aliphatic carbocycles. The van der Waals surface area contributed by atoms with Gasteiger partial charge in [-0.05, 0) is 37.0 Å². The van der Waals surface area contributed by atoms with E-state index in [-0.39, 0.29) is 6.42 Å². The SMILES string of the molecule is CN(C)c1cc(CCCCC(=O)O)ccn1. The Morgan fingerprint density at radius 2 is 2.19 bits per heavy atom. The van der Waals surface area contributed by atoms with E-state index in [1.807, 2.05) is 31.1 Å². The molecule has 1 N–H and O–H groups in total. The second-order valence-corrected chi connectivity index (χ2v) is 4.02. The molecule has 1 heterocycles. The number of hydrogen-bond donors (Lipinski definition) is 1. The monoisotopic (exact) mass is 222 g/mol. The van der Waals surface area contributed by atoms with Crippen LogP contribution in [-0.4, -0.2) is 30.2 Å². The van der Waals surface area contributed by atoms with Gasteiger partial charge in [0.25, 0.3) is 0 Å². The number of aromatic nitrogens is 1. The maximum Gasteiger partial charge on any atom is 0.303 e. The second kappa shape index (κ2) is 6.10. The summed E-state index contributed by atoms with van der Waals surface area (Å²) in [5.41, 5.74) is 1.21. The Labute approximate surface area is 95.9 Å². The van der Waals surface area contributed by atoms with Crippen molar-refractivity contribution in [3.63, 3.8) is 0 Å². The number of carbonyl (C=O) groups is 1. The Balaban J connectivity index is 2.42. The van der Waals surface area contributed by atoms with Crippen molar-refractivity contribution in [1.82, 2.24) is 4.98 Å². The summed E-state index contributed by atoms with van der Waals surface area (Å²) >= 11 is 0. The first-order valence-electron chi connectivity index (χ1n) is 5.43. The molecule has 0 aliphatic heterocycles. The molecule has 4 nitrogen and oxygen atoms in total. The number of anilines is 1. The first kappa shape index (κ1) is 12.5. The molecule has 0 amide bonds. The van der Waals surface area contributed by atoms with Crippen molar-refractivity contribution in [2.24, 2.45) is 0 Å². The van der Waals surface area contributed by atoms with Gasteiger partial charge in [-0.3, -0.25) is 4.79 Å². The molecule has 1 aromatic rings. The Morgan fingerprint density at radius 1 is 1.44 bits per heavy atom. The molecule has 1 aromatic heterocycles. The van der Waals surface area contributed by atoms with Crippen LogP contribution in [0.3, 0.4) is 0 Å². The van der Waals surface area contributed by atoms with Gasteiger partial charge in [0.05, 0.1) is 0 Å². The van der Waals surface area contributed by atoms with Crippen LogP contribution in [0.2, 0.25) is 0 Å². The topological polar surface area (TPSA) is 53.4 Å². The van der Waals surface area contributed by atoms with Crippen LogP contribution >= 0.6 is 0 Å². The fourth-order valence-corrected chi connectivity index (χ4v) is 1.47. The fourth-order valence-electron chi connectivity index (χ4n) is 1.47. The lowest BCUT2D eigenvalue weighted by Crippen LogP contribution is -2.10. The summed E-state index contributed by atoms with van der Waals surface area (Å²) in [6.07, 6.45) is 4.60. The van der Waals surface area contributed by atoms with Gasteiger partial charge >= 0.3 is 5.97 Å². The molecule has 0 spiro atoms. The van der Waals surface area contributed by atoms with Crippen molar-refractivity contribution in [3.8, 4) is 0 Å². The van der Waals surface area contributed by atoms with Crippen LogP contribution in [0.25, 0.3) is 0 Å². The molecule has 0 aliphatic rings. The number of carboxylic acids is 1. The van der Waals surface area contributed by atoms with Gasteiger partial charge in [0.2, 0.25) is 0 Å². The Kier molecular flexibility index (Phi) is 4.76. The molecule has 0 unspecified atom stereocenters. The van der Waals surface area contributed by atoms with Crippen LogP contribution in [0.5, 0.6) is 0 Å². The standard InChI is InChI=1S/C12H18N2O2/c1-14(2)11-9-10(7-8-13-11)5-3-4-6-12(15)16/h7-9H,3-6H2,1-2H3,(H,15,16). The average molecular weight is 222 g/mol. The predicted molar refractivity (Wildman–Crippen MR) is 63.8 cm³/mol. The van der Waals surface area contributed by atoms with E-state index in [2.05, 4.69) is 4.98 Å². The first-order chi connectivity index (χ1) is 7.59. The number of rotatable bonds is 6. The largest absolute Gasteiger partial charge is 0.481 e. The number of carboxylic acid groups (broad SMARTS) is 1. The minimum atomic E-state index is -0.719. The molecular weight excluding hydrogens is 204 g/mol. The summed E-state index contributed by atoms with van der Waals surface area (Å²) in [4.78, 5) is 16.5. The first-order valence-corrected chi connectivity index (χ1v) is 5.43. The van der Waals surface area contributed by atoms with Crippen LogP contribution in [0.15, 0.2) is 18.3 Å². The lowest BCUT2D eigenvalue weighted by Gasteiger charge is -2.11. The highest BCUT2D eigenvalue weighted by Gasteiger charge is 2.00. The van der Waals surface area contributed by atoms with Gasteiger partial charge in [-0.1, -0.05) is 0 Å². The molecule has 4 heteroatoms. The quantitative estimate of drug-likeness (QED) is 0.747. The summed E-state index contributed by atoms with van der Waals surface area (Å²) < 4.78 is 0. The molecule has 0 radical (unpaired) electrons. The number of aryl methyl sites for hydroxylation is 1. The van der Waals surface area contributed by atoms with E-state index in [9.17, 15) is 4.79 Å². The number of hydrogen-bond acceptors (Lipinski definition) is 3. The predicted octanol–water partition coefficient (Wildman–Crippen LogP) is 1.95. The molecule has 1 rings (SSSR count). The third-order valence-corrected chi connectivity index (χ3v) is 2.37. The number of unbranched alkanes of at least 4 members (excludes halogenated alkanes) is 1. The van der Waals surface area contributed by atoms with Crippen LogP contribution < -0.4 is 4.90 Å². The van der Waals surface area contributed by atoms with Crippen LogP contribution in [0, 0.1) is 0 Å². The van der Waals surface area contributed by atoms with Crippen molar-refractivity contribution < 1.29 is 9.90 Å². The lowest BCUT2D eigenvalue weighted by atomic mass is 10.1. The molecule has 0 saturated heterocycles. The highest BCUT2D eigenvalue weighted by Crippen LogP contribution is 2.12. The summed E-state index contributed by atoms with van der Waals surface area (Å²) in [5, 5.41) is 8.51. The van der Waals surface area contributed by atoms with Gasteiger partial charge in [-0.25, -0.2) is 4.98 Å². The summed E-state index contributed by atoms with van der Waals surface area (Å²) in [6, 6.07) is 4.02. The zero-order chi connectivity index (χ0) is 12.0. The van der Waals surface area contributed by atoms with Gasteiger partial charge in [-0.2, -0.15) is 0 Å². The van der Waals surface area contributed by atoms with E-state index >= 15 is 0 Å². The van der Waals surface area contributed by atoms with Crippen molar-refractivity contribution >= 4 is 11.8 Å². The summed E-state index contributed by atoms with van der Waals surface area (Å²) in [6.45, 7) is 0. The zero-order valence-electron chi connectivity index (χ0n) is 9.81. The normalized spacial score (nSPS) is 10.1. The van der Waals surface area contributed by atoms with Crippen LogP contribution in [0.1, 0.15) is 24.8 Å². The summed E-state index contributed by atoms with van der Waals surface area (Å²) in [7, 11) is 3.91. The van der Waals surface area contributed by atoms with Crippen molar-refractivity contribution in [2.45, 2.75) is 25.7 Å². The van der Waals surface area contributed by atoms with Crippen molar-refractivity contribution in [2.75, 3.05) is 19.0 Å². The Hall–Kier alpha value is -1.58. The number of nitrogens with zero attached hydrogens (tertiary/aromatic N) is 2. The average Bonchev–Trinajstić information content (AvgIpc) is 2.24. The van der Waals surface area contributed by atoms with Gasteiger partial charge in [0.15, 0.2) is 0 Å². The fraction of sp³-hybridized carbons (Fsp3) is 0.500. The van der Waals surface area contributed by atoms with Gasteiger partial charge in [0, 0.05) is 26.7 Å². The third kappa shape index (κ3) is 4.29. The third-order valence-electron chi connectivity index (χ3n) is 2.37. The highest BCUT2D eigenvalue weighted by molar-refractivity contribution is 5.66. The Bertz CT molecular complexity index is 351. The maximum atomic E-state index is 10.3.